The van der Waals surface area contributed by atoms with Gasteiger partial charge in [0.2, 0.25) is 0 Å². The molecule has 1 fully saturated rings. The van der Waals surface area contributed by atoms with Crippen LogP contribution in [-0.2, 0) is 6.54 Å². The van der Waals surface area contributed by atoms with Gasteiger partial charge in [-0.1, -0.05) is 6.07 Å². The predicted molar refractivity (Wildman–Crippen MR) is 86.1 cm³/mol. The minimum absolute atomic E-state index is 0.152. The summed E-state index contributed by atoms with van der Waals surface area (Å²) in [5.74, 6) is 1.63. The third-order valence-electron chi connectivity index (χ3n) is 3.65. The van der Waals surface area contributed by atoms with E-state index in [9.17, 15) is 0 Å². The highest BCUT2D eigenvalue weighted by Gasteiger charge is 2.25. The highest BCUT2D eigenvalue weighted by atomic mass is 16.5. The fourth-order valence-corrected chi connectivity index (χ4v) is 2.80. The lowest BCUT2D eigenvalue weighted by atomic mass is 10.0. The number of hydrogen-bond donors (Lipinski definition) is 1. The fraction of sp³-hybridized carbons (Fsp3) is 0.647. The zero-order valence-corrected chi connectivity index (χ0v) is 13.9. The summed E-state index contributed by atoms with van der Waals surface area (Å²) in [6, 6.07) is 6.24. The minimum Gasteiger partial charge on any atom is -0.493 e. The summed E-state index contributed by atoms with van der Waals surface area (Å²) >= 11 is 0. The van der Waals surface area contributed by atoms with Gasteiger partial charge in [-0.05, 0) is 45.4 Å². The van der Waals surface area contributed by atoms with Crippen molar-refractivity contribution in [1.82, 2.24) is 10.2 Å². The molecule has 21 heavy (non-hydrogen) atoms. The molecule has 1 aliphatic heterocycles. The molecule has 1 N–H and O–H groups in total. The summed E-state index contributed by atoms with van der Waals surface area (Å²) < 4.78 is 11.2. The van der Waals surface area contributed by atoms with Crippen molar-refractivity contribution in [2.45, 2.75) is 45.9 Å². The molecule has 2 rings (SSSR count). The maximum atomic E-state index is 5.77. The van der Waals surface area contributed by atoms with Gasteiger partial charge in [0.25, 0.3) is 0 Å². The summed E-state index contributed by atoms with van der Waals surface area (Å²) in [6.45, 7) is 12.7. The van der Waals surface area contributed by atoms with Crippen LogP contribution in [0.15, 0.2) is 18.2 Å². The molecule has 1 heterocycles. The molecule has 0 radical (unpaired) electrons. The van der Waals surface area contributed by atoms with Crippen LogP contribution >= 0.6 is 0 Å². The molecule has 1 aromatic carbocycles. The molecule has 0 amide bonds. The molecule has 0 aromatic heterocycles. The number of nitrogens with one attached hydrogen (secondary N) is 1. The van der Waals surface area contributed by atoms with Crippen LogP contribution in [0.3, 0.4) is 0 Å². The van der Waals surface area contributed by atoms with E-state index >= 15 is 0 Å². The summed E-state index contributed by atoms with van der Waals surface area (Å²) in [7, 11) is 1.69. The molecule has 4 nitrogen and oxygen atoms in total. The Balaban J connectivity index is 2.07. The van der Waals surface area contributed by atoms with Crippen LogP contribution in [0, 0.1) is 0 Å². The van der Waals surface area contributed by atoms with E-state index in [4.69, 9.17) is 9.47 Å². The van der Waals surface area contributed by atoms with Crippen molar-refractivity contribution in [3.8, 4) is 11.5 Å². The van der Waals surface area contributed by atoms with E-state index in [-0.39, 0.29) is 11.6 Å². The molecule has 0 bridgehead atoms. The maximum Gasteiger partial charge on any atom is 0.161 e. The van der Waals surface area contributed by atoms with Crippen LogP contribution in [-0.4, -0.2) is 43.3 Å². The van der Waals surface area contributed by atoms with Gasteiger partial charge in [-0.15, -0.1) is 0 Å². The predicted octanol–water partition coefficient (Wildman–Crippen LogP) is 2.67. The van der Waals surface area contributed by atoms with E-state index in [0.717, 1.165) is 37.7 Å². The lowest BCUT2D eigenvalue weighted by molar-refractivity contribution is 0.148. The summed E-state index contributed by atoms with van der Waals surface area (Å²) in [5.41, 5.74) is 1.45. The van der Waals surface area contributed by atoms with Gasteiger partial charge in [0.15, 0.2) is 11.5 Å². The Bertz CT molecular complexity index is 472. The van der Waals surface area contributed by atoms with E-state index < -0.39 is 0 Å². The van der Waals surface area contributed by atoms with Crippen molar-refractivity contribution in [1.29, 1.82) is 0 Å². The number of benzene rings is 1. The van der Waals surface area contributed by atoms with Crippen molar-refractivity contribution in [3.63, 3.8) is 0 Å². The monoisotopic (exact) mass is 292 g/mol. The molecule has 118 valence electrons. The third kappa shape index (κ3) is 4.61. The first-order valence-electron chi connectivity index (χ1n) is 7.70. The van der Waals surface area contributed by atoms with Crippen LogP contribution in [0.25, 0.3) is 0 Å². The highest BCUT2D eigenvalue weighted by Crippen LogP contribution is 2.29. The quantitative estimate of drug-likeness (QED) is 0.904. The second-order valence-corrected chi connectivity index (χ2v) is 6.67. The number of piperazine rings is 1. The molecule has 4 heteroatoms. The molecule has 0 atom stereocenters. The van der Waals surface area contributed by atoms with Crippen LogP contribution < -0.4 is 14.8 Å². The Morgan fingerprint density at radius 1 is 1.29 bits per heavy atom. The average Bonchev–Trinajstić information content (AvgIpc) is 2.38. The third-order valence-corrected chi connectivity index (χ3v) is 3.65. The second kappa shape index (κ2) is 6.67. The lowest BCUT2D eigenvalue weighted by Gasteiger charge is -2.39. The smallest absolute Gasteiger partial charge is 0.161 e. The lowest BCUT2D eigenvalue weighted by Crippen LogP contribution is -2.56. The van der Waals surface area contributed by atoms with E-state index in [1.807, 2.05) is 19.9 Å². The van der Waals surface area contributed by atoms with Crippen LogP contribution in [0.1, 0.15) is 33.3 Å². The Morgan fingerprint density at radius 2 is 2.05 bits per heavy atom. The Kier molecular flexibility index (Phi) is 5.12. The zero-order chi connectivity index (χ0) is 15.5. The molecule has 0 unspecified atom stereocenters. The average molecular weight is 292 g/mol. The van der Waals surface area contributed by atoms with Gasteiger partial charge in [0, 0.05) is 31.7 Å². The number of rotatable bonds is 5. The summed E-state index contributed by atoms with van der Waals surface area (Å²) in [5, 5.41) is 3.54. The standard InChI is InChI=1S/C17H28N2O2/c1-13(2)21-15-7-6-14(10-16(15)20-5)11-19-9-8-18-17(3,4)12-19/h6-7,10,13,18H,8-9,11-12H2,1-5H3. The van der Waals surface area contributed by atoms with E-state index in [0.29, 0.717) is 0 Å². The molecule has 0 spiro atoms. The number of ether oxygens (including phenoxy) is 2. The van der Waals surface area contributed by atoms with Gasteiger partial charge in [-0.25, -0.2) is 0 Å². The molecule has 0 saturated carbocycles. The Labute approximate surface area is 128 Å². The topological polar surface area (TPSA) is 33.7 Å². The normalized spacial score (nSPS) is 18.8. The molecule has 1 aliphatic rings. The van der Waals surface area contributed by atoms with Gasteiger partial charge in [-0.3, -0.25) is 4.90 Å². The Morgan fingerprint density at radius 3 is 2.67 bits per heavy atom. The van der Waals surface area contributed by atoms with Gasteiger partial charge in [0.05, 0.1) is 13.2 Å². The van der Waals surface area contributed by atoms with Crippen molar-refractivity contribution < 1.29 is 9.47 Å². The van der Waals surface area contributed by atoms with E-state index in [1.165, 1.54) is 5.56 Å². The van der Waals surface area contributed by atoms with Crippen molar-refractivity contribution in [3.05, 3.63) is 23.8 Å². The fourth-order valence-electron chi connectivity index (χ4n) is 2.80. The van der Waals surface area contributed by atoms with E-state index in [1.54, 1.807) is 7.11 Å². The molecule has 1 aromatic rings. The van der Waals surface area contributed by atoms with Crippen molar-refractivity contribution in [2.24, 2.45) is 0 Å². The van der Waals surface area contributed by atoms with Crippen LogP contribution in [0.2, 0.25) is 0 Å². The van der Waals surface area contributed by atoms with E-state index in [2.05, 4.69) is 36.2 Å². The number of hydrogen-bond acceptors (Lipinski definition) is 4. The highest BCUT2D eigenvalue weighted by molar-refractivity contribution is 5.43. The minimum atomic E-state index is 0.152. The van der Waals surface area contributed by atoms with Gasteiger partial charge < -0.3 is 14.8 Å². The molecular weight excluding hydrogens is 264 g/mol. The second-order valence-electron chi connectivity index (χ2n) is 6.67. The Hall–Kier alpha value is -1.26. The summed E-state index contributed by atoms with van der Waals surface area (Å²) in [4.78, 5) is 2.48. The molecule has 0 aliphatic carbocycles. The molecular formula is C17H28N2O2. The van der Waals surface area contributed by atoms with Crippen LogP contribution in [0.5, 0.6) is 11.5 Å². The zero-order valence-electron chi connectivity index (χ0n) is 13.9. The first-order chi connectivity index (χ1) is 9.89. The van der Waals surface area contributed by atoms with Crippen molar-refractivity contribution >= 4 is 0 Å². The van der Waals surface area contributed by atoms with Gasteiger partial charge in [-0.2, -0.15) is 0 Å². The largest absolute Gasteiger partial charge is 0.493 e. The first kappa shape index (κ1) is 16.1. The maximum absolute atomic E-state index is 5.77. The van der Waals surface area contributed by atoms with Gasteiger partial charge >= 0.3 is 0 Å². The number of methoxy groups -OCH3 is 1. The number of nitrogens with zero attached hydrogens (tertiary/aromatic N) is 1. The van der Waals surface area contributed by atoms with Crippen molar-refractivity contribution in [2.75, 3.05) is 26.7 Å². The van der Waals surface area contributed by atoms with Gasteiger partial charge in [0.1, 0.15) is 0 Å². The van der Waals surface area contributed by atoms with Crippen LogP contribution in [0.4, 0.5) is 0 Å². The molecule has 1 saturated heterocycles. The SMILES string of the molecule is COc1cc(CN2CCNC(C)(C)C2)ccc1OC(C)C. The first-order valence-corrected chi connectivity index (χ1v) is 7.70. The summed E-state index contributed by atoms with van der Waals surface area (Å²) in [6.07, 6.45) is 0.152.